The smallest absolute Gasteiger partial charge is 0.130 e. The second-order valence-electron chi connectivity index (χ2n) is 6.78. The van der Waals surface area contributed by atoms with Crippen LogP contribution in [0.15, 0.2) is 24.3 Å². The lowest BCUT2D eigenvalue weighted by atomic mass is 10.0. The molecule has 0 aliphatic heterocycles. The quantitative estimate of drug-likeness (QED) is 0.769. The summed E-state index contributed by atoms with van der Waals surface area (Å²) in [7, 11) is 7.65. The molecule has 0 fully saturated rings. The maximum absolute atomic E-state index is 10.4. The second kappa shape index (κ2) is 8.36. The van der Waals surface area contributed by atoms with Crippen molar-refractivity contribution in [1.82, 2.24) is 15.1 Å². The largest absolute Gasteiger partial charge is 0.497 e. The Morgan fingerprint density at radius 1 is 1.24 bits per heavy atom. The van der Waals surface area contributed by atoms with Crippen LogP contribution in [0.3, 0.4) is 0 Å². The first kappa shape index (κ1) is 19.3. The van der Waals surface area contributed by atoms with Crippen molar-refractivity contribution in [2.75, 3.05) is 32.6 Å². The van der Waals surface area contributed by atoms with Crippen LogP contribution in [-0.4, -0.2) is 42.6 Å². The van der Waals surface area contributed by atoms with Gasteiger partial charge in [0.15, 0.2) is 0 Å². The number of nitrogens with zero attached hydrogens (tertiary/aromatic N) is 3. The Bertz CT molecular complexity index is 677. The first-order valence-corrected chi connectivity index (χ1v) is 8.61. The van der Waals surface area contributed by atoms with Gasteiger partial charge in [0, 0.05) is 39.8 Å². The zero-order valence-corrected chi connectivity index (χ0v) is 16.1. The van der Waals surface area contributed by atoms with E-state index in [4.69, 9.17) is 4.74 Å². The summed E-state index contributed by atoms with van der Waals surface area (Å²) >= 11 is 0. The molecule has 1 heterocycles. The molecule has 1 aromatic carbocycles. The van der Waals surface area contributed by atoms with Gasteiger partial charge in [-0.2, -0.15) is 5.10 Å². The Kier molecular flexibility index (Phi) is 6.45. The Labute approximate surface area is 150 Å². The maximum Gasteiger partial charge on any atom is 0.130 e. The van der Waals surface area contributed by atoms with E-state index in [9.17, 15) is 5.11 Å². The van der Waals surface area contributed by atoms with Gasteiger partial charge in [0.05, 0.1) is 18.9 Å². The fraction of sp³-hybridized carbons (Fsp3) is 0.526. The van der Waals surface area contributed by atoms with Gasteiger partial charge in [-0.3, -0.25) is 4.68 Å². The highest BCUT2D eigenvalue weighted by atomic mass is 16.5. The van der Waals surface area contributed by atoms with Gasteiger partial charge in [-0.15, -0.1) is 0 Å². The van der Waals surface area contributed by atoms with Gasteiger partial charge in [-0.05, 0) is 23.6 Å². The van der Waals surface area contributed by atoms with E-state index in [1.165, 1.54) is 5.56 Å². The van der Waals surface area contributed by atoms with Crippen LogP contribution in [0.4, 0.5) is 5.82 Å². The summed E-state index contributed by atoms with van der Waals surface area (Å²) in [6, 6.07) is 7.50. The zero-order valence-electron chi connectivity index (χ0n) is 16.1. The van der Waals surface area contributed by atoms with Crippen LogP contribution in [0.1, 0.15) is 42.7 Å². The van der Waals surface area contributed by atoms with Crippen LogP contribution in [0, 0.1) is 0 Å². The lowest BCUT2D eigenvalue weighted by Gasteiger charge is -2.17. The number of rotatable bonds is 8. The first-order chi connectivity index (χ1) is 11.8. The molecule has 1 atom stereocenters. The normalized spacial score (nSPS) is 12.5. The van der Waals surface area contributed by atoms with Crippen LogP contribution in [-0.2, 0) is 13.6 Å². The summed E-state index contributed by atoms with van der Waals surface area (Å²) in [5, 5.41) is 18.4. The third-order valence-electron chi connectivity index (χ3n) is 4.25. The van der Waals surface area contributed by atoms with Crippen molar-refractivity contribution in [1.29, 1.82) is 0 Å². The number of benzene rings is 1. The van der Waals surface area contributed by atoms with Gasteiger partial charge in [0.25, 0.3) is 0 Å². The Hall–Kier alpha value is -2.05. The number of aliphatic hydroxyl groups is 1. The number of hydrogen-bond donors (Lipinski definition) is 2. The highest BCUT2D eigenvalue weighted by Gasteiger charge is 2.20. The molecule has 2 N–H and O–H groups in total. The number of nitrogens with one attached hydrogen (secondary N) is 1. The SMILES string of the molecule is COc1ccc([C@H](O)CNCc2c(C(C)C)nn(C)c2N(C)C)cc1. The summed E-state index contributed by atoms with van der Waals surface area (Å²) in [4.78, 5) is 2.08. The number of aliphatic hydroxyl groups excluding tert-OH is 1. The monoisotopic (exact) mass is 346 g/mol. The van der Waals surface area contributed by atoms with Gasteiger partial charge in [-0.25, -0.2) is 0 Å². The predicted octanol–water partition coefficient (Wildman–Crippen LogP) is 2.44. The molecule has 0 aliphatic carbocycles. The van der Waals surface area contributed by atoms with Crippen molar-refractivity contribution in [3.63, 3.8) is 0 Å². The van der Waals surface area contributed by atoms with Gasteiger partial charge in [0.2, 0.25) is 0 Å². The van der Waals surface area contributed by atoms with E-state index in [-0.39, 0.29) is 0 Å². The molecule has 0 saturated heterocycles. The van der Waals surface area contributed by atoms with Gasteiger partial charge in [0.1, 0.15) is 11.6 Å². The van der Waals surface area contributed by atoms with Gasteiger partial charge in [-0.1, -0.05) is 26.0 Å². The van der Waals surface area contributed by atoms with Crippen LogP contribution in [0.2, 0.25) is 0 Å². The molecule has 2 aromatic rings. The van der Waals surface area contributed by atoms with Crippen molar-refractivity contribution in [2.45, 2.75) is 32.4 Å². The van der Waals surface area contributed by atoms with E-state index >= 15 is 0 Å². The maximum atomic E-state index is 10.4. The molecular formula is C19H30N4O2. The summed E-state index contributed by atoms with van der Waals surface area (Å²) in [6.07, 6.45) is -0.562. The molecule has 0 unspecified atom stereocenters. The Morgan fingerprint density at radius 2 is 1.88 bits per heavy atom. The minimum Gasteiger partial charge on any atom is -0.497 e. The third-order valence-corrected chi connectivity index (χ3v) is 4.25. The average Bonchev–Trinajstić information content (AvgIpc) is 2.91. The predicted molar refractivity (Wildman–Crippen MR) is 101 cm³/mol. The molecule has 6 nitrogen and oxygen atoms in total. The molecule has 0 saturated carbocycles. The number of aryl methyl sites for hydroxylation is 1. The fourth-order valence-corrected chi connectivity index (χ4v) is 3.05. The van der Waals surface area contributed by atoms with E-state index in [2.05, 4.69) is 29.2 Å². The molecule has 138 valence electrons. The molecular weight excluding hydrogens is 316 g/mol. The van der Waals surface area contributed by atoms with Crippen LogP contribution < -0.4 is 15.0 Å². The zero-order chi connectivity index (χ0) is 18.6. The standard InChI is InChI=1S/C19H30N4O2/c1-13(2)18-16(19(22(3)4)23(5)21-18)11-20-12-17(24)14-7-9-15(25-6)10-8-14/h7-10,13,17,20,24H,11-12H2,1-6H3/t17-/m1/s1. The number of methoxy groups -OCH3 is 1. The van der Waals surface area contributed by atoms with E-state index in [1.807, 2.05) is 50.1 Å². The third kappa shape index (κ3) is 4.52. The fourth-order valence-electron chi connectivity index (χ4n) is 3.05. The highest BCUT2D eigenvalue weighted by Crippen LogP contribution is 2.27. The minimum atomic E-state index is -0.562. The highest BCUT2D eigenvalue weighted by molar-refractivity contribution is 5.50. The topological polar surface area (TPSA) is 62.6 Å². The number of hydrogen-bond acceptors (Lipinski definition) is 5. The second-order valence-corrected chi connectivity index (χ2v) is 6.78. The lowest BCUT2D eigenvalue weighted by Crippen LogP contribution is -2.23. The summed E-state index contributed by atoms with van der Waals surface area (Å²) in [6.45, 7) is 5.45. The minimum absolute atomic E-state index is 0.350. The molecule has 25 heavy (non-hydrogen) atoms. The average molecular weight is 346 g/mol. The molecule has 0 spiro atoms. The van der Waals surface area contributed by atoms with Crippen molar-refractivity contribution in [3.8, 4) is 5.75 Å². The van der Waals surface area contributed by atoms with Crippen LogP contribution in [0.5, 0.6) is 5.75 Å². The lowest BCUT2D eigenvalue weighted by molar-refractivity contribution is 0.174. The van der Waals surface area contributed by atoms with Crippen LogP contribution in [0.25, 0.3) is 0 Å². The summed E-state index contributed by atoms with van der Waals surface area (Å²) in [5.74, 6) is 2.23. The Balaban J connectivity index is 2.05. The van der Waals surface area contributed by atoms with Crippen molar-refractivity contribution in [3.05, 3.63) is 41.1 Å². The van der Waals surface area contributed by atoms with E-state index in [0.717, 1.165) is 22.8 Å². The van der Waals surface area contributed by atoms with Crippen molar-refractivity contribution >= 4 is 5.82 Å². The molecule has 1 aromatic heterocycles. The summed E-state index contributed by atoms with van der Waals surface area (Å²) in [5.41, 5.74) is 3.15. The van der Waals surface area contributed by atoms with E-state index in [1.54, 1.807) is 7.11 Å². The van der Waals surface area contributed by atoms with Crippen molar-refractivity contribution < 1.29 is 9.84 Å². The van der Waals surface area contributed by atoms with Crippen molar-refractivity contribution in [2.24, 2.45) is 7.05 Å². The first-order valence-electron chi connectivity index (χ1n) is 8.61. The van der Waals surface area contributed by atoms with Gasteiger partial charge < -0.3 is 20.1 Å². The molecule has 0 amide bonds. The molecule has 2 rings (SSSR count). The molecule has 0 aliphatic rings. The summed E-state index contributed by atoms with van der Waals surface area (Å²) < 4.78 is 7.07. The van der Waals surface area contributed by atoms with E-state index in [0.29, 0.717) is 19.0 Å². The molecule has 0 radical (unpaired) electrons. The van der Waals surface area contributed by atoms with Gasteiger partial charge >= 0.3 is 0 Å². The molecule has 6 heteroatoms. The van der Waals surface area contributed by atoms with E-state index < -0.39 is 6.10 Å². The molecule has 0 bridgehead atoms. The van der Waals surface area contributed by atoms with Crippen LogP contribution >= 0.6 is 0 Å². The number of aromatic nitrogens is 2. The Morgan fingerprint density at radius 3 is 2.40 bits per heavy atom. The number of ether oxygens (including phenoxy) is 1. The number of anilines is 1.